The van der Waals surface area contributed by atoms with E-state index in [1.54, 1.807) is 62.3 Å². The number of carbonyl (C=O) groups excluding carboxylic acids is 5. The first kappa shape index (κ1) is 39.0. The van der Waals surface area contributed by atoms with E-state index >= 15 is 0 Å². The van der Waals surface area contributed by atoms with E-state index in [2.05, 4.69) is 23.7 Å². The third-order valence-corrected chi connectivity index (χ3v) is 5.62. The second-order valence-corrected chi connectivity index (χ2v) is 15.6. The third-order valence-electron chi connectivity index (χ3n) is 5.62. The molecule has 0 radical (unpaired) electrons. The molecule has 0 saturated heterocycles. The highest BCUT2D eigenvalue weighted by Gasteiger charge is 2.39. The summed E-state index contributed by atoms with van der Waals surface area (Å²) in [5.74, 6) is 8.63. The topological polar surface area (TPSA) is 123 Å². The summed E-state index contributed by atoms with van der Waals surface area (Å²) in [5, 5.41) is 0. The van der Waals surface area contributed by atoms with E-state index in [4.69, 9.17) is 14.2 Å². The number of amides is 4. The van der Waals surface area contributed by atoms with Gasteiger partial charge in [-0.05, 0) is 104 Å². The van der Waals surface area contributed by atoms with Gasteiger partial charge in [0.25, 0.3) is 11.8 Å². The molecule has 0 saturated carbocycles. The van der Waals surface area contributed by atoms with Gasteiger partial charge in [-0.3, -0.25) is 29.1 Å². The number of ether oxygens (including phenoxy) is 3. The molecule has 45 heavy (non-hydrogen) atoms. The molecule has 4 amide bonds. The van der Waals surface area contributed by atoms with Gasteiger partial charge in [-0.2, -0.15) is 0 Å². The molecule has 0 aromatic heterocycles. The lowest BCUT2D eigenvalue weighted by Gasteiger charge is -2.35. The van der Waals surface area contributed by atoms with Gasteiger partial charge in [0, 0.05) is 11.1 Å². The van der Waals surface area contributed by atoms with Gasteiger partial charge in [0.2, 0.25) is 0 Å². The van der Waals surface area contributed by atoms with Gasteiger partial charge in [-0.25, -0.2) is 9.59 Å². The van der Waals surface area contributed by atoms with Crippen LogP contribution in [-0.2, 0) is 28.6 Å². The predicted molar refractivity (Wildman–Crippen MR) is 171 cm³/mol. The summed E-state index contributed by atoms with van der Waals surface area (Å²) < 4.78 is 16.4. The Morgan fingerprint density at radius 3 is 1.16 bits per heavy atom. The minimum atomic E-state index is -0.836. The van der Waals surface area contributed by atoms with Crippen molar-refractivity contribution >= 4 is 30.0 Å². The van der Waals surface area contributed by atoms with Crippen molar-refractivity contribution in [2.45, 2.75) is 132 Å². The van der Waals surface area contributed by atoms with Crippen molar-refractivity contribution in [3.8, 4) is 23.7 Å². The summed E-state index contributed by atoms with van der Waals surface area (Å²) in [5.41, 5.74) is -4.13. The maximum atomic E-state index is 13.4. The maximum absolute atomic E-state index is 13.4. The van der Waals surface area contributed by atoms with Crippen LogP contribution in [0.4, 0.5) is 9.59 Å². The molecule has 250 valence electrons. The Morgan fingerprint density at radius 1 is 0.578 bits per heavy atom. The monoisotopic (exact) mass is 629 g/mol. The van der Waals surface area contributed by atoms with E-state index in [9.17, 15) is 24.0 Å². The van der Waals surface area contributed by atoms with Crippen LogP contribution in [0.3, 0.4) is 0 Å². The van der Waals surface area contributed by atoms with E-state index in [1.807, 2.05) is 41.5 Å². The summed E-state index contributed by atoms with van der Waals surface area (Å²) in [4.78, 5) is 68.7. The summed E-state index contributed by atoms with van der Waals surface area (Å²) in [7, 11) is 0. The fraction of sp³-hybridized carbons (Fsp3) is 0.676. The molecule has 1 aliphatic heterocycles. The number of esters is 1. The van der Waals surface area contributed by atoms with Gasteiger partial charge in [0.1, 0.15) is 34.5 Å². The van der Waals surface area contributed by atoms with E-state index < -0.39 is 64.4 Å². The number of hydrogen-bond acceptors (Lipinski definition) is 8. The first-order valence-electron chi connectivity index (χ1n) is 14.8. The third kappa shape index (κ3) is 12.9. The van der Waals surface area contributed by atoms with Crippen LogP contribution in [0, 0.1) is 23.7 Å². The van der Waals surface area contributed by atoms with Crippen LogP contribution in [0.1, 0.15) is 104 Å². The number of carbonyl (C=O) groups is 5. The summed E-state index contributed by atoms with van der Waals surface area (Å²) in [6.45, 7) is 25.5. The Labute approximate surface area is 269 Å². The van der Waals surface area contributed by atoms with Crippen LogP contribution in [0.15, 0.2) is 11.1 Å². The van der Waals surface area contributed by atoms with Crippen LogP contribution in [0.2, 0.25) is 0 Å². The minimum Gasteiger partial charge on any atom is -0.459 e. The van der Waals surface area contributed by atoms with Gasteiger partial charge in [0.05, 0.1) is 13.1 Å². The van der Waals surface area contributed by atoms with Gasteiger partial charge in [-0.1, -0.05) is 23.7 Å². The quantitative estimate of drug-likeness (QED) is 0.183. The molecule has 0 bridgehead atoms. The van der Waals surface area contributed by atoms with Crippen LogP contribution in [0.25, 0.3) is 0 Å². The summed E-state index contributed by atoms with van der Waals surface area (Å²) in [6.07, 6.45) is -1.19. The first-order valence-corrected chi connectivity index (χ1v) is 14.8. The van der Waals surface area contributed by atoms with E-state index in [-0.39, 0.29) is 24.2 Å². The SMILES string of the molecule is CC(C)(C)OC(=O)CN1C(=O)C(C#CCN(C(=O)OC(C)(C)C)C(C)(C)C)=C(C#CCN(C(=O)OC(C)(C)C)C(C)(C)C)C1=O. The van der Waals surface area contributed by atoms with Crippen molar-refractivity contribution in [1.82, 2.24) is 14.7 Å². The molecule has 1 aliphatic rings. The molecule has 0 N–H and O–H groups in total. The van der Waals surface area contributed by atoms with Crippen molar-refractivity contribution < 1.29 is 38.2 Å². The summed E-state index contributed by atoms with van der Waals surface area (Å²) >= 11 is 0. The number of nitrogens with zero attached hydrogens (tertiary/aromatic N) is 3. The van der Waals surface area contributed by atoms with Crippen molar-refractivity contribution in [2.75, 3.05) is 19.6 Å². The summed E-state index contributed by atoms with van der Waals surface area (Å²) in [6, 6.07) is 0. The van der Waals surface area contributed by atoms with Crippen LogP contribution in [0.5, 0.6) is 0 Å². The number of hydrogen-bond donors (Lipinski definition) is 0. The lowest BCUT2D eigenvalue weighted by atomic mass is 10.1. The minimum absolute atomic E-state index is 0.118. The molecule has 0 atom stereocenters. The highest BCUT2D eigenvalue weighted by atomic mass is 16.6. The molecule has 0 unspecified atom stereocenters. The van der Waals surface area contributed by atoms with Gasteiger partial charge < -0.3 is 14.2 Å². The normalized spacial score (nSPS) is 14.2. The molecule has 0 fully saturated rings. The molecule has 0 aromatic rings. The van der Waals surface area contributed by atoms with Gasteiger partial charge in [0.15, 0.2) is 0 Å². The standard InChI is InChI=1S/C34H51N3O8/c1-30(2,3)36(28(41)44-33(10,11)12)20-16-18-23-24(27(40)35(26(23)39)22-25(38)43-32(7,8)9)19-17-21-37(31(4,5)6)29(42)45-34(13,14)15/h20-22H2,1-15H3. The fourth-order valence-corrected chi connectivity index (χ4v) is 3.65. The Bertz CT molecular complexity index is 1250. The van der Waals surface area contributed by atoms with Crippen LogP contribution in [-0.4, -0.2) is 92.2 Å². The lowest BCUT2D eigenvalue weighted by molar-refractivity contribution is -0.160. The average Bonchev–Trinajstić information content (AvgIpc) is 2.97. The second-order valence-electron chi connectivity index (χ2n) is 15.6. The largest absolute Gasteiger partial charge is 0.459 e. The Morgan fingerprint density at radius 2 is 0.889 bits per heavy atom. The van der Waals surface area contributed by atoms with Gasteiger partial charge >= 0.3 is 18.2 Å². The van der Waals surface area contributed by atoms with E-state index in [0.29, 0.717) is 0 Å². The lowest BCUT2D eigenvalue weighted by Crippen LogP contribution is -2.48. The molecular formula is C34H51N3O8. The molecule has 11 heteroatoms. The van der Waals surface area contributed by atoms with Gasteiger partial charge in [-0.15, -0.1) is 0 Å². The molecule has 0 aromatic carbocycles. The average molecular weight is 630 g/mol. The fourth-order valence-electron chi connectivity index (χ4n) is 3.65. The Kier molecular flexibility index (Phi) is 12.1. The zero-order valence-corrected chi connectivity index (χ0v) is 29.7. The molecule has 0 spiro atoms. The van der Waals surface area contributed by atoms with E-state index in [0.717, 1.165) is 4.90 Å². The molecule has 1 heterocycles. The first-order chi connectivity index (χ1) is 20.0. The van der Waals surface area contributed by atoms with Crippen LogP contribution >= 0.6 is 0 Å². The zero-order valence-electron chi connectivity index (χ0n) is 29.7. The zero-order chi connectivity index (χ0) is 35.3. The van der Waals surface area contributed by atoms with Crippen molar-refractivity contribution in [2.24, 2.45) is 0 Å². The highest BCUT2D eigenvalue weighted by Crippen LogP contribution is 2.23. The van der Waals surface area contributed by atoms with Crippen molar-refractivity contribution in [3.05, 3.63) is 11.1 Å². The molecule has 11 nitrogen and oxygen atoms in total. The smallest absolute Gasteiger partial charge is 0.411 e. The maximum Gasteiger partial charge on any atom is 0.411 e. The molecule has 1 rings (SSSR count). The number of rotatable bonds is 4. The Hall–Kier alpha value is -3.99. The Balaban J connectivity index is 3.57. The highest BCUT2D eigenvalue weighted by molar-refractivity contribution is 6.24. The van der Waals surface area contributed by atoms with Crippen molar-refractivity contribution in [1.29, 1.82) is 0 Å². The molecular weight excluding hydrogens is 578 g/mol. The predicted octanol–water partition coefficient (Wildman–Crippen LogP) is 5.07. The van der Waals surface area contributed by atoms with E-state index in [1.165, 1.54) is 9.80 Å². The molecule has 0 aliphatic carbocycles. The second kappa shape index (κ2) is 14.0. The number of imide groups is 1. The van der Waals surface area contributed by atoms with Crippen molar-refractivity contribution in [3.63, 3.8) is 0 Å². The van der Waals surface area contributed by atoms with Crippen LogP contribution < -0.4 is 0 Å².